The van der Waals surface area contributed by atoms with E-state index in [0.29, 0.717) is 18.3 Å². The molecule has 1 aromatic heterocycles. The van der Waals surface area contributed by atoms with Gasteiger partial charge < -0.3 is 9.42 Å². The van der Waals surface area contributed by atoms with Crippen LogP contribution in [-0.2, 0) is 11.2 Å². The molecular weight excluding hydrogens is 285 g/mol. The largest absolute Gasteiger partial charge is 0.337 e. The van der Waals surface area contributed by atoms with Gasteiger partial charge in [-0.2, -0.15) is 4.98 Å². The molecule has 1 amide bonds. The molecule has 0 bridgehead atoms. The molecule has 22 heavy (non-hydrogen) atoms. The number of aromatic nitrogens is 2. The Morgan fingerprint density at radius 2 is 2.14 bits per heavy atom. The first kappa shape index (κ1) is 14.7. The molecule has 6 heteroatoms. The Balaban J connectivity index is 1.75. The van der Waals surface area contributed by atoms with Crippen molar-refractivity contribution in [1.82, 2.24) is 15.0 Å². The molecule has 5 nitrogen and oxygen atoms in total. The van der Waals surface area contributed by atoms with Crippen LogP contribution in [0.4, 0.5) is 4.39 Å². The van der Waals surface area contributed by atoms with Crippen LogP contribution >= 0.6 is 0 Å². The quantitative estimate of drug-likeness (QED) is 0.875. The van der Waals surface area contributed by atoms with Gasteiger partial charge in [-0.3, -0.25) is 4.79 Å². The third-order valence-electron chi connectivity index (χ3n) is 3.92. The first-order chi connectivity index (χ1) is 10.6. The lowest BCUT2D eigenvalue weighted by Gasteiger charge is -2.33. The highest BCUT2D eigenvalue weighted by Crippen LogP contribution is 2.30. The summed E-state index contributed by atoms with van der Waals surface area (Å²) in [5.41, 5.74) is 0.803. The van der Waals surface area contributed by atoms with E-state index in [1.807, 2.05) is 0 Å². The van der Waals surface area contributed by atoms with Gasteiger partial charge >= 0.3 is 0 Å². The Labute approximate surface area is 128 Å². The van der Waals surface area contributed by atoms with Crippen LogP contribution in [0.2, 0.25) is 0 Å². The average molecular weight is 303 g/mol. The molecule has 0 spiro atoms. The molecule has 3 rings (SSSR count). The second-order valence-electron chi connectivity index (χ2n) is 5.58. The molecule has 116 valence electrons. The van der Waals surface area contributed by atoms with Crippen molar-refractivity contribution in [3.05, 3.63) is 47.4 Å². The first-order valence-corrected chi connectivity index (χ1v) is 7.47. The third kappa shape index (κ3) is 3.16. The van der Waals surface area contributed by atoms with Crippen LogP contribution in [0.3, 0.4) is 0 Å². The number of carbonyl (C=O) groups is 1. The molecule has 1 atom stereocenters. The van der Waals surface area contributed by atoms with Crippen molar-refractivity contribution in [2.45, 2.75) is 38.6 Å². The highest BCUT2D eigenvalue weighted by molar-refractivity contribution is 5.79. The number of hydrogen-bond donors (Lipinski definition) is 0. The number of carbonyl (C=O) groups excluding carboxylic acids is 1. The van der Waals surface area contributed by atoms with Crippen LogP contribution < -0.4 is 0 Å². The Hall–Kier alpha value is -2.24. The van der Waals surface area contributed by atoms with Gasteiger partial charge in [-0.25, -0.2) is 4.39 Å². The van der Waals surface area contributed by atoms with E-state index in [-0.39, 0.29) is 24.2 Å². The minimum Gasteiger partial charge on any atom is -0.337 e. The maximum Gasteiger partial charge on any atom is 0.249 e. The van der Waals surface area contributed by atoms with Crippen LogP contribution in [0.15, 0.2) is 28.8 Å². The van der Waals surface area contributed by atoms with Crippen molar-refractivity contribution in [2.75, 3.05) is 6.54 Å². The van der Waals surface area contributed by atoms with Gasteiger partial charge in [0.2, 0.25) is 11.8 Å². The molecule has 0 aliphatic carbocycles. The number of aryl methyl sites for hydroxylation is 1. The van der Waals surface area contributed by atoms with E-state index in [9.17, 15) is 9.18 Å². The van der Waals surface area contributed by atoms with Crippen LogP contribution in [0.5, 0.6) is 0 Å². The molecule has 1 fully saturated rings. The second kappa shape index (κ2) is 6.25. The number of benzene rings is 1. The van der Waals surface area contributed by atoms with E-state index in [0.717, 1.165) is 24.8 Å². The number of hydrogen-bond acceptors (Lipinski definition) is 4. The molecule has 2 heterocycles. The summed E-state index contributed by atoms with van der Waals surface area (Å²) < 4.78 is 18.2. The first-order valence-electron chi connectivity index (χ1n) is 7.47. The normalized spacial score (nSPS) is 18.5. The summed E-state index contributed by atoms with van der Waals surface area (Å²) >= 11 is 0. The average Bonchev–Trinajstić information content (AvgIpc) is 2.96. The van der Waals surface area contributed by atoms with E-state index < -0.39 is 0 Å². The van der Waals surface area contributed by atoms with Gasteiger partial charge in [0.15, 0.2) is 5.82 Å². The van der Waals surface area contributed by atoms with Crippen molar-refractivity contribution in [1.29, 1.82) is 0 Å². The van der Waals surface area contributed by atoms with E-state index in [4.69, 9.17) is 4.52 Å². The van der Waals surface area contributed by atoms with Crippen molar-refractivity contribution in [3.63, 3.8) is 0 Å². The van der Waals surface area contributed by atoms with Gasteiger partial charge in [0.1, 0.15) is 11.9 Å². The van der Waals surface area contributed by atoms with E-state index >= 15 is 0 Å². The van der Waals surface area contributed by atoms with Gasteiger partial charge in [-0.1, -0.05) is 17.3 Å². The Morgan fingerprint density at radius 3 is 2.82 bits per heavy atom. The Morgan fingerprint density at radius 1 is 1.36 bits per heavy atom. The SMILES string of the molecule is Cc1noc([C@H]2CCCCN2C(=O)Cc2ccc(F)cc2)n1. The summed E-state index contributed by atoms with van der Waals surface area (Å²) in [5.74, 6) is 0.789. The predicted octanol–water partition coefficient (Wildman–Crippen LogP) is 2.81. The summed E-state index contributed by atoms with van der Waals surface area (Å²) in [6.07, 6.45) is 3.09. The van der Waals surface area contributed by atoms with E-state index in [1.165, 1.54) is 12.1 Å². The van der Waals surface area contributed by atoms with Crippen molar-refractivity contribution in [2.24, 2.45) is 0 Å². The standard InChI is InChI=1S/C16H18FN3O2/c1-11-18-16(22-19-11)14-4-2-3-9-20(14)15(21)10-12-5-7-13(17)8-6-12/h5-8,14H,2-4,9-10H2,1H3/t14-/m1/s1. The summed E-state index contributed by atoms with van der Waals surface area (Å²) in [6.45, 7) is 2.45. The highest BCUT2D eigenvalue weighted by Gasteiger charge is 2.31. The number of halogens is 1. The molecule has 2 aromatic rings. The monoisotopic (exact) mass is 303 g/mol. The lowest BCUT2D eigenvalue weighted by Crippen LogP contribution is -2.39. The fraction of sp³-hybridized carbons (Fsp3) is 0.438. The Bertz CT molecular complexity index is 654. The number of rotatable bonds is 3. The molecule has 1 aliphatic heterocycles. The highest BCUT2D eigenvalue weighted by atomic mass is 19.1. The van der Waals surface area contributed by atoms with Gasteiger partial charge in [0.05, 0.1) is 6.42 Å². The maximum atomic E-state index is 12.9. The minimum absolute atomic E-state index is 0.00663. The van der Waals surface area contributed by atoms with Gasteiger partial charge in [-0.05, 0) is 43.9 Å². The number of nitrogens with zero attached hydrogens (tertiary/aromatic N) is 3. The van der Waals surface area contributed by atoms with Gasteiger partial charge in [-0.15, -0.1) is 0 Å². The molecule has 1 aromatic carbocycles. The van der Waals surface area contributed by atoms with Crippen molar-refractivity contribution < 1.29 is 13.7 Å². The smallest absolute Gasteiger partial charge is 0.249 e. The lowest BCUT2D eigenvalue weighted by molar-refractivity contribution is -0.135. The predicted molar refractivity (Wildman–Crippen MR) is 77.4 cm³/mol. The van der Waals surface area contributed by atoms with Crippen molar-refractivity contribution >= 4 is 5.91 Å². The molecule has 1 aliphatic rings. The van der Waals surface area contributed by atoms with Crippen molar-refractivity contribution in [3.8, 4) is 0 Å². The maximum absolute atomic E-state index is 12.9. The molecule has 0 saturated carbocycles. The van der Waals surface area contributed by atoms with E-state index in [1.54, 1.807) is 24.0 Å². The van der Waals surface area contributed by atoms with Crippen LogP contribution in [0.25, 0.3) is 0 Å². The summed E-state index contributed by atoms with van der Waals surface area (Å²) in [7, 11) is 0. The van der Waals surface area contributed by atoms with Crippen LogP contribution in [0.1, 0.15) is 42.6 Å². The van der Waals surface area contributed by atoms with Crippen LogP contribution in [0, 0.1) is 12.7 Å². The number of piperidine rings is 1. The zero-order chi connectivity index (χ0) is 15.5. The van der Waals surface area contributed by atoms with Gasteiger partial charge in [0, 0.05) is 6.54 Å². The summed E-state index contributed by atoms with van der Waals surface area (Å²) in [4.78, 5) is 18.7. The zero-order valence-corrected chi connectivity index (χ0v) is 12.5. The lowest BCUT2D eigenvalue weighted by atomic mass is 10.0. The minimum atomic E-state index is -0.298. The molecular formula is C16H18FN3O2. The molecule has 1 saturated heterocycles. The topological polar surface area (TPSA) is 59.2 Å². The third-order valence-corrected chi connectivity index (χ3v) is 3.92. The van der Waals surface area contributed by atoms with E-state index in [2.05, 4.69) is 10.1 Å². The number of likely N-dealkylation sites (tertiary alicyclic amines) is 1. The second-order valence-corrected chi connectivity index (χ2v) is 5.58. The molecule has 0 unspecified atom stereocenters. The summed E-state index contributed by atoms with van der Waals surface area (Å²) in [5, 5.41) is 3.81. The molecule has 0 N–H and O–H groups in total. The summed E-state index contributed by atoms with van der Waals surface area (Å²) in [6, 6.07) is 5.88. The zero-order valence-electron chi connectivity index (χ0n) is 12.5. The molecule has 0 radical (unpaired) electrons. The fourth-order valence-corrected chi connectivity index (χ4v) is 2.81. The Kier molecular flexibility index (Phi) is 4.18. The van der Waals surface area contributed by atoms with Crippen LogP contribution in [-0.4, -0.2) is 27.5 Å². The number of amides is 1. The van der Waals surface area contributed by atoms with Gasteiger partial charge in [0.25, 0.3) is 0 Å². The fourth-order valence-electron chi connectivity index (χ4n) is 2.81.